The van der Waals surface area contributed by atoms with Gasteiger partial charge in [-0.25, -0.2) is 9.50 Å². The maximum Gasteiger partial charge on any atom is 0.433 e. The van der Waals surface area contributed by atoms with E-state index in [1.54, 1.807) is 30.3 Å². The first kappa shape index (κ1) is 19.8. The van der Waals surface area contributed by atoms with Crippen LogP contribution in [-0.4, -0.2) is 40.3 Å². The number of hydrogen-bond acceptors (Lipinski definition) is 4. The Labute approximate surface area is 159 Å². The molecule has 0 bridgehead atoms. The highest BCUT2D eigenvalue weighted by Gasteiger charge is 2.36. The molecule has 148 valence electrons. The number of alkyl halides is 3. The van der Waals surface area contributed by atoms with Crippen molar-refractivity contribution in [2.45, 2.75) is 19.5 Å². The van der Waals surface area contributed by atoms with E-state index < -0.39 is 17.8 Å². The van der Waals surface area contributed by atoms with Crippen molar-refractivity contribution in [1.82, 2.24) is 19.9 Å². The van der Waals surface area contributed by atoms with E-state index in [9.17, 15) is 18.0 Å². The lowest BCUT2D eigenvalue weighted by atomic mass is 10.1. The number of carbonyl (C=O) groups excluding carboxylic acids is 1. The van der Waals surface area contributed by atoms with Gasteiger partial charge in [-0.2, -0.15) is 18.3 Å². The van der Waals surface area contributed by atoms with Gasteiger partial charge in [0.1, 0.15) is 5.56 Å². The summed E-state index contributed by atoms with van der Waals surface area (Å²) < 4.78 is 46.5. The largest absolute Gasteiger partial charge is 0.433 e. The zero-order valence-corrected chi connectivity index (χ0v) is 15.2. The van der Waals surface area contributed by atoms with Gasteiger partial charge in [-0.05, 0) is 19.4 Å². The Bertz CT molecular complexity index is 955. The van der Waals surface area contributed by atoms with Crippen LogP contribution in [0.15, 0.2) is 42.6 Å². The highest BCUT2D eigenvalue weighted by Crippen LogP contribution is 2.32. The molecule has 0 saturated carbocycles. The Hall–Kier alpha value is -2.94. The second kappa shape index (κ2) is 8.39. The summed E-state index contributed by atoms with van der Waals surface area (Å²) in [7, 11) is 0. The van der Waals surface area contributed by atoms with Crippen molar-refractivity contribution in [3.05, 3.63) is 53.9 Å². The van der Waals surface area contributed by atoms with E-state index in [1.807, 2.05) is 6.92 Å². The fourth-order valence-corrected chi connectivity index (χ4v) is 2.70. The second-order valence-corrected chi connectivity index (χ2v) is 5.99. The second-order valence-electron chi connectivity index (χ2n) is 5.99. The van der Waals surface area contributed by atoms with Crippen LogP contribution in [0.3, 0.4) is 0 Å². The topological polar surface area (TPSA) is 68.5 Å². The van der Waals surface area contributed by atoms with Gasteiger partial charge in [-0.15, -0.1) is 0 Å². The molecule has 1 amide bonds. The Balaban J connectivity index is 1.98. The minimum atomic E-state index is -4.65. The molecule has 3 aromatic rings. The first-order valence-corrected chi connectivity index (χ1v) is 8.79. The van der Waals surface area contributed by atoms with Gasteiger partial charge < -0.3 is 10.1 Å². The summed E-state index contributed by atoms with van der Waals surface area (Å²) in [6.07, 6.45) is -2.96. The van der Waals surface area contributed by atoms with Gasteiger partial charge in [-0.1, -0.05) is 30.3 Å². The summed E-state index contributed by atoms with van der Waals surface area (Å²) in [5.41, 5.74) is -0.520. The van der Waals surface area contributed by atoms with Crippen molar-refractivity contribution in [3.8, 4) is 11.3 Å². The quantitative estimate of drug-likeness (QED) is 0.624. The third-order valence-electron chi connectivity index (χ3n) is 4.03. The zero-order chi connectivity index (χ0) is 20.1. The molecule has 2 heterocycles. The Morgan fingerprint density at radius 1 is 1.25 bits per heavy atom. The van der Waals surface area contributed by atoms with Crippen LogP contribution in [0.1, 0.15) is 29.4 Å². The maximum atomic E-state index is 13.5. The molecule has 3 rings (SSSR count). The van der Waals surface area contributed by atoms with Crippen LogP contribution in [-0.2, 0) is 10.9 Å². The number of nitrogens with zero attached hydrogens (tertiary/aromatic N) is 3. The van der Waals surface area contributed by atoms with Crippen LogP contribution in [0.5, 0.6) is 0 Å². The number of ether oxygens (including phenoxy) is 1. The third kappa shape index (κ3) is 4.30. The first-order valence-electron chi connectivity index (χ1n) is 8.79. The molecule has 0 aliphatic rings. The Morgan fingerprint density at radius 3 is 2.68 bits per heavy atom. The molecule has 0 aliphatic carbocycles. The number of fused-ring (bicyclic) bond motifs is 1. The predicted octanol–water partition coefficient (Wildman–Crippen LogP) is 3.57. The first-order chi connectivity index (χ1) is 13.4. The van der Waals surface area contributed by atoms with Gasteiger partial charge in [0.15, 0.2) is 11.3 Å². The zero-order valence-electron chi connectivity index (χ0n) is 15.2. The summed E-state index contributed by atoms with van der Waals surface area (Å²) in [5, 5.41) is 6.41. The monoisotopic (exact) mass is 392 g/mol. The maximum absolute atomic E-state index is 13.5. The van der Waals surface area contributed by atoms with Gasteiger partial charge in [0.2, 0.25) is 0 Å². The standard InChI is InChI=1S/C19H19F3N4O2/c1-2-28-10-6-9-23-18(27)14-12-24-26-16(19(20,21)22)11-15(25-17(14)26)13-7-4-3-5-8-13/h3-5,7-8,11-12H,2,6,9-10H2,1H3,(H,23,27). The molecule has 0 spiro atoms. The molecular weight excluding hydrogens is 373 g/mol. The number of amides is 1. The Kier molecular flexibility index (Phi) is 5.93. The van der Waals surface area contributed by atoms with Crippen LogP contribution < -0.4 is 5.32 Å². The van der Waals surface area contributed by atoms with Gasteiger partial charge in [0.25, 0.3) is 5.91 Å². The van der Waals surface area contributed by atoms with Gasteiger partial charge in [0.05, 0.1) is 11.9 Å². The van der Waals surface area contributed by atoms with E-state index in [0.29, 0.717) is 36.3 Å². The summed E-state index contributed by atoms with van der Waals surface area (Å²) in [5.74, 6) is -0.530. The molecule has 1 aromatic carbocycles. The summed E-state index contributed by atoms with van der Waals surface area (Å²) in [6, 6.07) is 9.41. The fourth-order valence-electron chi connectivity index (χ4n) is 2.70. The molecular formula is C19H19F3N4O2. The number of aromatic nitrogens is 3. The molecule has 0 saturated heterocycles. The Morgan fingerprint density at radius 2 is 2.00 bits per heavy atom. The molecule has 0 radical (unpaired) electrons. The molecule has 9 heteroatoms. The van der Waals surface area contributed by atoms with Crippen molar-refractivity contribution in [1.29, 1.82) is 0 Å². The number of rotatable bonds is 7. The third-order valence-corrected chi connectivity index (χ3v) is 4.03. The van der Waals surface area contributed by atoms with Crippen molar-refractivity contribution in [2.24, 2.45) is 0 Å². The van der Waals surface area contributed by atoms with Crippen LogP contribution in [0.25, 0.3) is 16.9 Å². The fraction of sp³-hybridized carbons (Fsp3) is 0.316. The number of halogens is 3. The van der Waals surface area contributed by atoms with E-state index in [1.165, 1.54) is 0 Å². The van der Waals surface area contributed by atoms with E-state index in [0.717, 1.165) is 12.3 Å². The summed E-state index contributed by atoms with van der Waals surface area (Å²) in [6.45, 7) is 3.26. The predicted molar refractivity (Wildman–Crippen MR) is 96.9 cm³/mol. The van der Waals surface area contributed by atoms with E-state index in [-0.39, 0.29) is 16.9 Å². The normalized spacial score (nSPS) is 11.7. The SMILES string of the molecule is CCOCCCNC(=O)c1cnn2c(C(F)(F)F)cc(-c3ccccc3)nc12. The van der Waals surface area contributed by atoms with Crippen LogP contribution >= 0.6 is 0 Å². The molecule has 0 aliphatic heterocycles. The van der Waals surface area contributed by atoms with Gasteiger partial charge in [-0.3, -0.25) is 4.79 Å². The molecule has 28 heavy (non-hydrogen) atoms. The minimum absolute atomic E-state index is 0.0142. The number of benzene rings is 1. The van der Waals surface area contributed by atoms with E-state index >= 15 is 0 Å². The lowest BCUT2D eigenvalue weighted by molar-refractivity contribution is -0.142. The molecule has 1 N–H and O–H groups in total. The van der Waals surface area contributed by atoms with E-state index in [4.69, 9.17) is 4.74 Å². The minimum Gasteiger partial charge on any atom is -0.382 e. The number of carbonyl (C=O) groups is 1. The van der Waals surface area contributed by atoms with Crippen molar-refractivity contribution >= 4 is 11.6 Å². The van der Waals surface area contributed by atoms with E-state index in [2.05, 4.69) is 15.4 Å². The lowest BCUT2D eigenvalue weighted by Crippen LogP contribution is -2.25. The van der Waals surface area contributed by atoms with Crippen molar-refractivity contribution < 1.29 is 22.7 Å². The number of hydrogen-bond donors (Lipinski definition) is 1. The smallest absolute Gasteiger partial charge is 0.382 e. The van der Waals surface area contributed by atoms with Crippen molar-refractivity contribution in [2.75, 3.05) is 19.8 Å². The lowest BCUT2D eigenvalue weighted by Gasteiger charge is -2.11. The van der Waals surface area contributed by atoms with Crippen LogP contribution in [0.4, 0.5) is 13.2 Å². The average molecular weight is 392 g/mol. The molecule has 2 aromatic heterocycles. The van der Waals surface area contributed by atoms with Crippen LogP contribution in [0, 0.1) is 0 Å². The summed E-state index contributed by atoms with van der Waals surface area (Å²) in [4.78, 5) is 16.7. The van der Waals surface area contributed by atoms with Gasteiger partial charge >= 0.3 is 6.18 Å². The molecule has 0 fully saturated rings. The highest BCUT2D eigenvalue weighted by atomic mass is 19.4. The molecule has 0 atom stereocenters. The highest BCUT2D eigenvalue weighted by molar-refractivity contribution is 5.99. The summed E-state index contributed by atoms with van der Waals surface area (Å²) >= 11 is 0. The molecule has 6 nitrogen and oxygen atoms in total. The molecule has 0 unspecified atom stereocenters. The van der Waals surface area contributed by atoms with Crippen LogP contribution in [0.2, 0.25) is 0 Å². The van der Waals surface area contributed by atoms with Gasteiger partial charge in [0, 0.05) is 25.3 Å². The number of nitrogens with one attached hydrogen (secondary N) is 1. The average Bonchev–Trinajstić information content (AvgIpc) is 3.11. The van der Waals surface area contributed by atoms with Crippen molar-refractivity contribution in [3.63, 3.8) is 0 Å².